The number of rotatable bonds is 5. The molecule has 0 atom stereocenters. The lowest BCUT2D eigenvalue weighted by molar-refractivity contribution is -0.274. The third-order valence-corrected chi connectivity index (χ3v) is 5.62. The van der Waals surface area contributed by atoms with Crippen molar-refractivity contribution in [2.75, 3.05) is 13.1 Å². The number of nitrogens with zero attached hydrogens (tertiary/aromatic N) is 3. The molecule has 0 bridgehead atoms. The summed E-state index contributed by atoms with van der Waals surface area (Å²) in [4.78, 5) is 7.06. The minimum Gasteiger partial charge on any atom is -0.406 e. The number of likely N-dealkylation sites (tertiary alicyclic amines) is 1. The van der Waals surface area contributed by atoms with Crippen LogP contribution >= 0.6 is 0 Å². The minimum atomic E-state index is -4.70. The molecule has 8 heteroatoms. The van der Waals surface area contributed by atoms with Gasteiger partial charge in [0.15, 0.2) is 5.82 Å². The molecule has 4 rings (SSSR count). The summed E-state index contributed by atoms with van der Waals surface area (Å²) < 4.78 is 46.3. The zero-order valence-electron chi connectivity index (χ0n) is 17.4. The highest BCUT2D eigenvalue weighted by atomic mass is 19.4. The summed E-state index contributed by atoms with van der Waals surface area (Å²) in [6, 6.07) is 13.8. The summed E-state index contributed by atoms with van der Waals surface area (Å²) in [6.45, 7) is 6.49. The summed E-state index contributed by atoms with van der Waals surface area (Å²) in [5, 5.41) is 4.20. The smallest absolute Gasteiger partial charge is 0.406 e. The molecule has 1 aromatic heterocycles. The molecule has 0 saturated carbocycles. The fourth-order valence-corrected chi connectivity index (χ4v) is 3.85. The summed E-state index contributed by atoms with van der Waals surface area (Å²) in [5.74, 6) is 1.29. The third-order valence-electron chi connectivity index (χ3n) is 5.62. The number of hydrogen-bond donors (Lipinski definition) is 0. The van der Waals surface area contributed by atoms with E-state index in [4.69, 9.17) is 4.52 Å². The maximum atomic E-state index is 12.3. The van der Waals surface area contributed by atoms with Gasteiger partial charge in [0.2, 0.25) is 0 Å². The molecule has 0 spiro atoms. The van der Waals surface area contributed by atoms with Crippen molar-refractivity contribution in [3.8, 4) is 28.3 Å². The Bertz CT molecular complexity index is 990. The molecule has 0 radical (unpaired) electrons. The molecule has 1 aliphatic heterocycles. The lowest BCUT2D eigenvalue weighted by Crippen LogP contribution is -2.38. The summed E-state index contributed by atoms with van der Waals surface area (Å²) >= 11 is 0. The first kappa shape index (κ1) is 21.4. The molecule has 31 heavy (non-hydrogen) atoms. The Hall–Kier alpha value is -2.87. The molecule has 1 fully saturated rings. The van der Waals surface area contributed by atoms with Crippen molar-refractivity contribution in [2.24, 2.45) is 0 Å². The predicted molar refractivity (Wildman–Crippen MR) is 111 cm³/mol. The van der Waals surface area contributed by atoms with E-state index in [1.165, 1.54) is 12.1 Å². The Labute approximate surface area is 178 Å². The predicted octanol–water partition coefficient (Wildman–Crippen LogP) is 5.89. The number of hydrogen-bond acceptors (Lipinski definition) is 5. The van der Waals surface area contributed by atoms with Gasteiger partial charge < -0.3 is 14.2 Å². The van der Waals surface area contributed by atoms with Gasteiger partial charge in [-0.25, -0.2) is 0 Å². The van der Waals surface area contributed by atoms with Gasteiger partial charge in [0, 0.05) is 17.5 Å². The highest BCUT2D eigenvalue weighted by Crippen LogP contribution is 2.30. The summed E-state index contributed by atoms with van der Waals surface area (Å²) in [6.07, 6.45) is -2.66. The molecular weight excluding hydrogens is 407 g/mol. The van der Waals surface area contributed by atoms with E-state index in [1.807, 2.05) is 24.3 Å². The van der Waals surface area contributed by atoms with Gasteiger partial charge in [-0.1, -0.05) is 29.4 Å². The van der Waals surface area contributed by atoms with Gasteiger partial charge in [0.05, 0.1) is 0 Å². The quantitative estimate of drug-likeness (QED) is 0.504. The molecule has 2 aromatic carbocycles. The molecule has 0 aliphatic carbocycles. The second-order valence-corrected chi connectivity index (χ2v) is 8.01. The molecule has 5 nitrogen and oxygen atoms in total. The lowest BCUT2D eigenvalue weighted by Gasteiger charge is -2.33. The van der Waals surface area contributed by atoms with Crippen molar-refractivity contribution in [3.63, 3.8) is 0 Å². The highest BCUT2D eigenvalue weighted by molar-refractivity contribution is 5.67. The average molecular weight is 431 g/mol. The van der Waals surface area contributed by atoms with Crippen LogP contribution in [-0.2, 0) is 0 Å². The Morgan fingerprint density at radius 3 is 2.03 bits per heavy atom. The molecule has 3 aromatic rings. The molecule has 0 amide bonds. The molecule has 0 N–H and O–H groups in total. The standard InChI is InChI=1S/C23H24F3N3O2/c1-15(2)29-13-11-18(12-14-29)21-27-22(31-28-21)19-5-3-16(4-6-19)17-7-9-20(10-8-17)30-23(24,25)26/h3-10,15,18H,11-14H2,1-2H3. The number of halogens is 3. The Kier molecular flexibility index (Phi) is 6.00. The van der Waals surface area contributed by atoms with Gasteiger partial charge in [-0.05, 0) is 75.2 Å². The molecule has 0 unspecified atom stereocenters. The number of ether oxygens (including phenoxy) is 1. The van der Waals surface area contributed by atoms with Crippen molar-refractivity contribution in [1.82, 2.24) is 15.0 Å². The van der Waals surface area contributed by atoms with Crippen molar-refractivity contribution >= 4 is 0 Å². The summed E-state index contributed by atoms with van der Waals surface area (Å²) in [7, 11) is 0. The van der Waals surface area contributed by atoms with Crippen LogP contribution in [0.15, 0.2) is 53.1 Å². The van der Waals surface area contributed by atoms with Crippen LogP contribution in [-0.4, -0.2) is 40.5 Å². The molecule has 1 aliphatic rings. The number of alkyl halides is 3. The van der Waals surface area contributed by atoms with Crippen molar-refractivity contribution in [3.05, 3.63) is 54.4 Å². The second-order valence-electron chi connectivity index (χ2n) is 8.01. The average Bonchev–Trinajstić information content (AvgIpc) is 3.24. The Morgan fingerprint density at radius 2 is 1.48 bits per heavy atom. The van der Waals surface area contributed by atoms with Gasteiger partial charge in [0.1, 0.15) is 5.75 Å². The van der Waals surface area contributed by atoms with Crippen LogP contribution in [0.4, 0.5) is 13.2 Å². The Balaban J connectivity index is 1.42. The first-order chi connectivity index (χ1) is 14.8. The highest BCUT2D eigenvalue weighted by Gasteiger charge is 2.31. The zero-order valence-corrected chi connectivity index (χ0v) is 17.4. The van der Waals surface area contributed by atoms with Crippen LogP contribution in [0.25, 0.3) is 22.6 Å². The Morgan fingerprint density at radius 1 is 0.935 bits per heavy atom. The van der Waals surface area contributed by atoms with Gasteiger partial charge in [-0.2, -0.15) is 4.98 Å². The third kappa shape index (κ3) is 5.25. The van der Waals surface area contributed by atoms with Crippen LogP contribution in [0.3, 0.4) is 0 Å². The van der Waals surface area contributed by atoms with Crippen LogP contribution in [0.5, 0.6) is 5.75 Å². The van der Waals surface area contributed by atoms with E-state index in [-0.39, 0.29) is 5.75 Å². The van der Waals surface area contributed by atoms with E-state index in [9.17, 15) is 13.2 Å². The number of piperidine rings is 1. The fourth-order valence-electron chi connectivity index (χ4n) is 3.85. The van der Waals surface area contributed by atoms with E-state index in [0.717, 1.165) is 48.4 Å². The molecule has 2 heterocycles. The van der Waals surface area contributed by atoms with E-state index in [0.29, 0.717) is 17.9 Å². The van der Waals surface area contributed by atoms with Gasteiger partial charge in [0.25, 0.3) is 5.89 Å². The van der Waals surface area contributed by atoms with Crippen molar-refractivity contribution in [1.29, 1.82) is 0 Å². The monoisotopic (exact) mass is 431 g/mol. The SMILES string of the molecule is CC(C)N1CCC(c2noc(-c3ccc(-c4ccc(OC(F)(F)F)cc4)cc3)n2)CC1. The van der Waals surface area contributed by atoms with Crippen LogP contribution in [0.1, 0.15) is 38.4 Å². The van der Waals surface area contributed by atoms with E-state index in [1.54, 1.807) is 12.1 Å². The van der Waals surface area contributed by atoms with Crippen LogP contribution in [0.2, 0.25) is 0 Å². The normalized spacial score (nSPS) is 16.1. The van der Waals surface area contributed by atoms with E-state index < -0.39 is 6.36 Å². The molecule has 164 valence electrons. The zero-order chi connectivity index (χ0) is 22.0. The summed E-state index contributed by atoms with van der Waals surface area (Å²) in [5.41, 5.74) is 2.45. The maximum Gasteiger partial charge on any atom is 0.573 e. The lowest BCUT2D eigenvalue weighted by atomic mass is 9.95. The topological polar surface area (TPSA) is 51.4 Å². The van der Waals surface area contributed by atoms with E-state index >= 15 is 0 Å². The molecule has 1 saturated heterocycles. The minimum absolute atomic E-state index is 0.245. The maximum absolute atomic E-state index is 12.3. The van der Waals surface area contributed by atoms with Crippen LogP contribution < -0.4 is 4.74 Å². The van der Waals surface area contributed by atoms with Gasteiger partial charge in [-0.3, -0.25) is 0 Å². The molecular formula is C23H24F3N3O2. The van der Waals surface area contributed by atoms with E-state index in [2.05, 4.69) is 33.6 Å². The first-order valence-corrected chi connectivity index (χ1v) is 10.3. The van der Waals surface area contributed by atoms with Gasteiger partial charge >= 0.3 is 6.36 Å². The second kappa shape index (κ2) is 8.70. The van der Waals surface area contributed by atoms with Crippen molar-refractivity contribution < 1.29 is 22.4 Å². The van der Waals surface area contributed by atoms with Crippen molar-refractivity contribution in [2.45, 2.75) is 45.0 Å². The largest absolute Gasteiger partial charge is 0.573 e. The number of benzene rings is 2. The first-order valence-electron chi connectivity index (χ1n) is 10.3. The fraction of sp³-hybridized carbons (Fsp3) is 0.391. The van der Waals surface area contributed by atoms with Gasteiger partial charge in [-0.15, -0.1) is 13.2 Å². The number of aromatic nitrogens is 2. The van der Waals surface area contributed by atoms with Crippen LogP contribution in [0, 0.1) is 0 Å².